The largest absolute Gasteiger partial charge is 0.314 e. The molecule has 2 fully saturated rings. The van der Waals surface area contributed by atoms with Crippen molar-refractivity contribution < 1.29 is 0 Å². The normalized spacial score (nSPS) is 28.4. The summed E-state index contributed by atoms with van der Waals surface area (Å²) in [5.41, 5.74) is 1.22. The molecule has 112 valence electrons. The van der Waals surface area contributed by atoms with Crippen molar-refractivity contribution in [3.05, 3.63) is 18.0 Å². The summed E-state index contributed by atoms with van der Waals surface area (Å²) in [7, 11) is 0. The monoisotopic (exact) mass is 276 g/mol. The Kier molecular flexibility index (Phi) is 4.41. The number of likely N-dealkylation sites (tertiary alicyclic amines) is 1. The molecule has 1 aromatic heterocycles. The number of hydrogen-bond acceptors (Lipinski definition) is 3. The predicted octanol–water partition coefficient (Wildman–Crippen LogP) is 2.43. The van der Waals surface area contributed by atoms with E-state index in [1.54, 1.807) is 0 Å². The van der Waals surface area contributed by atoms with Gasteiger partial charge in [-0.05, 0) is 64.6 Å². The molecule has 2 aliphatic rings. The highest BCUT2D eigenvalue weighted by molar-refractivity contribution is 5.00. The molecule has 2 saturated heterocycles. The smallest absolute Gasteiger partial charge is 0.0764 e. The van der Waals surface area contributed by atoms with Crippen LogP contribution in [0.4, 0.5) is 0 Å². The maximum absolute atomic E-state index is 4.69. The molecule has 0 radical (unpaired) electrons. The van der Waals surface area contributed by atoms with Crippen molar-refractivity contribution in [1.29, 1.82) is 0 Å². The van der Waals surface area contributed by atoms with Crippen LogP contribution < -0.4 is 5.32 Å². The molecule has 2 atom stereocenters. The van der Waals surface area contributed by atoms with E-state index in [-0.39, 0.29) is 0 Å². The zero-order chi connectivity index (χ0) is 13.9. The van der Waals surface area contributed by atoms with Crippen LogP contribution in [0.25, 0.3) is 0 Å². The lowest BCUT2D eigenvalue weighted by Crippen LogP contribution is -2.43. The van der Waals surface area contributed by atoms with Crippen molar-refractivity contribution >= 4 is 0 Å². The molecular formula is C16H28N4. The minimum Gasteiger partial charge on any atom is -0.314 e. The van der Waals surface area contributed by atoms with Crippen molar-refractivity contribution in [2.75, 3.05) is 19.6 Å². The van der Waals surface area contributed by atoms with E-state index in [4.69, 9.17) is 0 Å². The number of nitrogens with one attached hydrogen (secondary N) is 1. The van der Waals surface area contributed by atoms with E-state index in [1.165, 1.54) is 51.0 Å². The van der Waals surface area contributed by atoms with Crippen LogP contribution in [0.2, 0.25) is 0 Å². The number of nitrogens with zero attached hydrogens (tertiary/aromatic N) is 3. The van der Waals surface area contributed by atoms with E-state index in [2.05, 4.69) is 46.1 Å². The van der Waals surface area contributed by atoms with Crippen molar-refractivity contribution in [1.82, 2.24) is 20.0 Å². The molecule has 0 aromatic carbocycles. The van der Waals surface area contributed by atoms with E-state index in [9.17, 15) is 0 Å². The van der Waals surface area contributed by atoms with Gasteiger partial charge in [0, 0.05) is 31.4 Å². The lowest BCUT2D eigenvalue weighted by atomic mass is 9.90. The van der Waals surface area contributed by atoms with Crippen LogP contribution in [0.1, 0.15) is 51.3 Å². The quantitative estimate of drug-likeness (QED) is 0.917. The Hall–Kier alpha value is -0.870. The fraction of sp³-hybridized carbons (Fsp3) is 0.812. The van der Waals surface area contributed by atoms with Gasteiger partial charge in [-0.15, -0.1) is 0 Å². The van der Waals surface area contributed by atoms with Gasteiger partial charge < -0.3 is 5.32 Å². The maximum atomic E-state index is 4.69. The van der Waals surface area contributed by atoms with Crippen LogP contribution in [-0.4, -0.2) is 40.4 Å². The van der Waals surface area contributed by atoms with Gasteiger partial charge in [0.2, 0.25) is 0 Å². The van der Waals surface area contributed by atoms with E-state index >= 15 is 0 Å². The van der Waals surface area contributed by atoms with E-state index in [1.807, 2.05) is 0 Å². The van der Waals surface area contributed by atoms with Gasteiger partial charge in [-0.3, -0.25) is 9.58 Å². The molecule has 3 rings (SSSR count). The van der Waals surface area contributed by atoms with Crippen LogP contribution in [0, 0.1) is 5.92 Å². The summed E-state index contributed by atoms with van der Waals surface area (Å²) in [6, 6.07) is 3.41. The van der Waals surface area contributed by atoms with Crippen LogP contribution in [-0.2, 0) is 6.54 Å². The molecule has 1 aromatic rings. The van der Waals surface area contributed by atoms with Gasteiger partial charge in [-0.2, -0.15) is 5.10 Å². The molecule has 4 nitrogen and oxygen atoms in total. The van der Waals surface area contributed by atoms with Crippen LogP contribution in [0.5, 0.6) is 0 Å². The van der Waals surface area contributed by atoms with Gasteiger partial charge in [0.25, 0.3) is 0 Å². The third kappa shape index (κ3) is 3.23. The molecule has 0 saturated carbocycles. The Morgan fingerprint density at radius 3 is 2.95 bits per heavy atom. The lowest BCUT2D eigenvalue weighted by Gasteiger charge is -2.35. The lowest BCUT2D eigenvalue weighted by molar-refractivity contribution is 0.143. The summed E-state index contributed by atoms with van der Waals surface area (Å²) < 4.78 is 2.06. The first-order valence-corrected chi connectivity index (χ1v) is 8.22. The van der Waals surface area contributed by atoms with E-state index in [0.717, 1.165) is 18.5 Å². The molecule has 2 aliphatic heterocycles. The van der Waals surface area contributed by atoms with Gasteiger partial charge in [-0.25, -0.2) is 0 Å². The van der Waals surface area contributed by atoms with Gasteiger partial charge >= 0.3 is 0 Å². The second-order valence-corrected chi connectivity index (χ2v) is 6.72. The van der Waals surface area contributed by atoms with Gasteiger partial charge in [0.1, 0.15) is 0 Å². The minimum atomic E-state index is 0.459. The molecular weight excluding hydrogens is 248 g/mol. The molecule has 0 aliphatic carbocycles. The standard InChI is InChI=1S/C16H28N4/c1-13(2)20-10-7-15(18-20)12-19-9-4-5-14(11-19)16-6-3-8-17-16/h7,10,13-14,16-17H,3-6,8-9,11-12H2,1-2H3. The summed E-state index contributed by atoms with van der Waals surface area (Å²) in [6.45, 7) is 9.08. The minimum absolute atomic E-state index is 0.459. The highest BCUT2D eigenvalue weighted by Gasteiger charge is 2.29. The van der Waals surface area contributed by atoms with Crippen molar-refractivity contribution in [3.8, 4) is 0 Å². The highest BCUT2D eigenvalue weighted by Crippen LogP contribution is 2.25. The molecule has 0 bridgehead atoms. The molecule has 1 N–H and O–H groups in total. The number of hydrogen-bond donors (Lipinski definition) is 1. The van der Waals surface area contributed by atoms with Gasteiger partial charge in [-0.1, -0.05) is 0 Å². The zero-order valence-electron chi connectivity index (χ0n) is 12.9. The fourth-order valence-electron chi connectivity index (χ4n) is 3.66. The number of rotatable bonds is 4. The number of piperidine rings is 1. The third-order valence-corrected chi connectivity index (χ3v) is 4.79. The van der Waals surface area contributed by atoms with Crippen molar-refractivity contribution in [3.63, 3.8) is 0 Å². The summed E-state index contributed by atoms with van der Waals surface area (Å²) in [5.74, 6) is 0.846. The average molecular weight is 276 g/mol. The summed E-state index contributed by atoms with van der Waals surface area (Å²) in [6.07, 6.45) is 7.59. The second-order valence-electron chi connectivity index (χ2n) is 6.72. The Balaban J connectivity index is 1.56. The van der Waals surface area contributed by atoms with E-state index in [0.29, 0.717) is 6.04 Å². The summed E-state index contributed by atoms with van der Waals surface area (Å²) >= 11 is 0. The number of aromatic nitrogens is 2. The summed E-state index contributed by atoms with van der Waals surface area (Å²) in [4.78, 5) is 2.60. The average Bonchev–Trinajstić information content (AvgIpc) is 3.10. The van der Waals surface area contributed by atoms with Crippen LogP contribution >= 0.6 is 0 Å². The predicted molar refractivity (Wildman–Crippen MR) is 81.6 cm³/mol. The van der Waals surface area contributed by atoms with Gasteiger partial charge in [0.05, 0.1) is 5.69 Å². The third-order valence-electron chi connectivity index (χ3n) is 4.79. The Labute approximate surface area is 122 Å². The fourth-order valence-corrected chi connectivity index (χ4v) is 3.66. The SMILES string of the molecule is CC(C)n1ccc(CN2CCCC(C3CCCN3)C2)n1. The second kappa shape index (κ2) is 6.27. The van der Waals surface area contributed by atoms with Crippen LogP contribution in [0.3, 0.4) is 0 Å². The molecule has 0 spiro atoms. The van der Waals surface area contributed by atoms with Crippen molar-refractivity contribution in [2.24, 2.45) is 5.92 Å². The van der Waals surface area contributed by atoms with Crippen LogP contribution in [0.15, 0.2) is 12.3 Å². The zero-order valence-corrected chi connectivity index (χ0v) is 12.9. The Morgan fingerprint density at radius 1 is 1.35 bits per heavy atom. The summed E-state index contributed by atoms with van der Waals surface area (Å²) in [5, 5.41) is 8.37. The van der Waals surface area contributed by atoms with E-state index < -0.39 is 0 Å². The highest BCUT2D eigenvalue weighted by atomic mass is 15.3. The molecule has 0 amide bonds. The first kappa shape index (κ1) is 14.1. The maximum Gasteiger partial charge on any atom is 0.0764 e. The molecule has 4 heteroatoms. The molecule has 20 heavy (non-hydrogen) atoms. The topological polar surface area (TPSA) is 33.1 Å². The molecule has 2 unspecified atom stereocenters. The first-order chi connectivity index (χ1) is 9.72. The Bertz CT molecular complexity index is 420. The molecule has 3 heterocycles. The first-order valence-electron chi connectivity index (χ1n) is 8.22. The Morgan fingerprint density at radius 2 is 2.25 bits per heavy atom. The van der Waals surface area contributed by atoms with Crippen molar-refractivity contribution in [2.45, 2.75) is 58.2 Å². The van der Waals surface area contributed by atoms with Gasteiger partial charge in [0.15, 0.2) is 0 Å².